The van der Waals surface area contributed by atoms with Crippen molar-refractivity contribution in [1.29, 1.82) is 0 Å². The molecule has 2 N–H and O–H groups in total. The van der Waals surface area contributed by atoms with Gasteiger partial charge in [-0.15, -0.1) is 0 Å². The minimum atomic E-state index is 0.208. The van der Waals surface area contributed by atoms with Gasteiger partial charge in [0.25, 0.3) is 0 Å². The molecule has 102 valence electrons. The zero-order valence-electron chi connectivity index (χ0n) is 11.7. The number of aliphatic hydroxyl groups is 1. The molecule has 0 bridgehead atoms. The Morgan fingerprint density at radius 2 is 1.83 bits per heavy atom. The maximum atomic E-state index is 9.81. The van der Waals surface area contributed by atoms with E-state index in [1.54, 1.807) is 6.07 Å². The third kappa shape index (κ3) is 5.52. The SMILES string of the molecule is CC(C)(C)CN(CCCO)Cc1ccccc1O. The fourth-order valence-corrected chi connectivity index (χ4v) is 2.06. The molecule has 0 aliphatic rings. The van der Waals surface area contributed by atoms with Crippen LogP contribution in [0.15, 0.2) is 24.3 Å². The third-order valence-corrected chi connectivity index (χ3v) is 2.72. The Labute approximate surface area is 110 Å². The van der Waals surface area contributed by atoms with Gasteiger partial charge in [0.1, 0.15) is 5.75 Å². The lowest BCUT2D eigenvalue weighted by Gasteiger charge is -2.30. The maximum absolute atomic E-state index is 9.81. The van der Waals surface area contributed by atoms with Crippen LogP contribution < -0.4 is 0 Å². The van der Waals surface area contributed by atoms with Gasteiger partial charge in [-0.1, -0.05) is 39.0 Å². The molecule has 3 heteroatoms. The molecule has 0 saturated carbocycles. The lowest BCUT2D eigenvalue weighted by atomic mass is 9.95. The van der Waals surface area contributed by atoms with Gasteiger partial charge in [0, 0.05) is 31.8 Å². The molecule has 18 heavy (non-hydrogen) atoms. The average molecular weight is 251 g/mol. The van der Waals surface area contributed by atoms with Gasteiger partial charge in [0.05, 0.1) is 0 Å². The zero-order valence-corrected chi connectivity index (χ0v) is 11.7. The monoisotopic (exact) mass is 251 g/mol. The van der Waals surface area contributed by atoms with Crippen molar-refractivity contribution < 1.29 is 10.2 Å². The molecule has 0 fully saturated rings. The number of benzene rings is 1. The van der Waals surface area contributed by atoms with Gasteiger partial charge in [0.15, 0.2) is 0 Å². The Kier molecular flexibility index (Phi) is 5.63. The number of nitrogens with zero attached hydrogens (tertiary/aromatic N) is 1. The first-order valence-corrected chi connectivity index (χ1v) is 6.52. The summed E-state index contributed by atoms with van der Waals surface area (Å²) in [7, 11) is 0. The summed E-state index contributed by atoms with van der Waals surface area (Å²) in [4.78, 5) is 2.28. The summed E-state index contributed by atoms with van der Waals surface area (Å²) in [5.41, 5.74) is 1.15. The van der Waals surface area contributed by atoms with Gasteiger partial charge < -0.3 is 10.2 Å². The van der Waals surface area contributed by atoms with Crippen molar-refractivity contribution in [3.63, 3.8) is 0 Å². The van der Waals surface area contributed by atoms with Crippen LogP contribution in [0.25, 0.3) is 0 Å². The highest BCUT2D eigenvalue weighted by atomic mass is 16.3. The van der Waals surface area contributed by atoms with Gasteiger partial charge in [-0.05, 0) is 17.9 Å². The Bertz CT molecular complexity index is 358. The summed E-state index contributed by atoms with van der Waals surface area (Å²) in [6.07, 6.45) is 0.768. The Balaban J connectivity index is 2.69. The predicted molar refractivity (Wildman–Crippen MR) is 74.5 cm³/mol. The van der Waals surface area contributed by atoms with Crippen LogP contribution in [0.2, 0.25) is 0 Å². The quantitative estimate of drug-likeness (QED) is 0.817. The van der Waals surface area contributed by atoms with Crippen LogP contribution in [-0.4, -0.2) is 34.8 Å². The Morgan fingerprint density at radius 3 is 2.39 bits per heavy atom. The van der Waals surface area contributed by atoms with E-state index in [1.165, 1.54) is 0 Å². The number of hydrogen-bond acceptors (Lipinski definition) is 3. The number of hydrogen-bond donors (Lipinski definition) is 2. The molecule has 1 aromatic carbocycles. The van der Waals surface area contributed by atoms with Crippen LogP contribution in [0, 0.1) is 5.41 Å². The van der Waals surface area contributed by atoms with Crippen molar-refractivity contribution in [2.24, 2.45) is 5.41 Å². The van der Waals surface area contributed by atoms with Crippen molar-refractivity contribution in [2.45, 2.75) is 33.7 Å². The summed E-state index contributed by atoms with van der Waals surface area (Å²) >= 11 is 0. The molecular weight excluding hydrogens is 226 g/mol. The van der Waals surface area contributed by atoms with E-state index in [0.29, 0.717) is 5.75 Å². The van der Waals surface area contributed by atoms with Gasteiger partial charge in [-0.2, -0.15) is 0 Å². The van der Waals surface area contributed by atoms with Crippen LogP contribution in [0.3, 0.4) is 0 Å². The second-order valence-corrected chi connectivity index (χ2v) is 5.98. The van der Waals surface area contributed by atoms with E-state index in [2.05, 4.69) is 25.7 Å². The van der Waals surface area contributed by atoms with E-state index in [-0.39, 0.29) is 12.0 Å². The Morgan fingerprint density at radius 1 is 1.17 bits per heavy atom. The van der Waals surface area contributed by atoms with Crippen molar-refractivity contribution >= 4 is 0 Å². The van der Waals surface area contributed by atoms with Crippen molar-refractivity contribution in [1.82, 2.24) is 4.90 Å². The number of aliphatic hydroxyl groups excluding tert-OH is 1. The van der Waals surface area contributed by atoms with Gasteiger partial charge in [-0.3, -0.25) is 4.90 Å². The van der Waals surface area contributed by atoms with Crippen molar-refractivity contribution in [3.8, 4) is 5.75 Å². The molecule has 0 aliphatic heterocycles. The highest BCUT2D eigenvalue weighted by molar-refractivity contribution is 5.31. The second-order valence-electron chi connectivity index (χ2n) is 5.98. The summed E-state index contributed by atoms with van der Waals surface area (Å²) in [5.74, 6) is 0.348. The normalized spacial score (nSPS) is 12.1. The van der Waals surface area contributed by atoms with E-state index in [9.17, 15) is 5.11 Å². The van der Waals surface area contributed by atoms with Crippen LogP contribution >= 0.6 is 0 Å². The summed E-state index contributed by atoms with van der Waals surface area (Å²) in [5, 5.41) is 18.8. The number of rotatable bonds is 6. The first-order chi connectivity index (χ1) is 8.42. The smallest absolute Gasteiger partial charge is 0.120 e. The fraction of sp³-hybridized carbons (Fsp3) is 0.600. The van der Waals surface area contributed by atoms with E-state index >= 15 is 0 Å². The first kappa shape index (κ1) is 15.0. The van der Waals surface area contributed by atoms with E-state index in [1.807, 2.05) is 18.2 Å². The summed E-state index contributed by atoms with van der Waals surface area (Å²) < 4.78 is 0. The van der Waals surface area contributed by atoms with Crippen LogP contribution in [0.5, 0.6) is 5.75 Å². The number of para-hydroxylation sites is 1. The molecule has 0 unspecified atom stereocenters. The first-order valence-electron chi connectivity index (χ1n) is 6.52. The van der Waals surface area contributed by atoms with Gasteiger partial charge in [-0.25, -0.2) is 0 Å². The predicted octanol–water partition coefficient (Wildman–Crippen LogP) is 2.62. The van der Waals surface area contributed by atoms with Crippen LogP contribution in [0.4, 0.5) is 0 Å². The second kappa shape index (κ2) is 6.76. The zero-order chi connectivity index (χ0) is 13.6. The lowest BCUT2D eigenvalue weighted by molar-refractivity contribution is 0.165. The number of phenolic OH excluding ortho intramolecular Hbond substituents is 1. The molecule has 0 aromatic heterocycles. The molecule has 3 nitrogen and oxygen atoms in total. The maximum Gasteiger partial charge on any atom is 0.120 e. The molecule has 0 radical (unpaired) electrons. The molecule has 0 amide bonds. The molecule has 1 rings (SSSR count). The van der Waals surface area contributed by atoms with E-state index in [0.717, 1.165) is 31.6 Å². The largest absolute Gasteiger partial charge is 0.508 e. The highest BCUT2D eigenvalue weighted by Gasteiger charge is 2.17. The minimum absolute atomic E-state index is 0.208. The molecular formula is C15H25NO2. The van der Waals surface area contributed by atoms with Crippen molar-refractivity contribution in [3.05, 3.63) is 29.8 Å². The number of aromatic hydroxyl groups is 1. The molecule has 0 atom stereocenters. The third-order valence-electron chi connectivity index (χ3n) is 2.72. The highest BCUT2D eigenvalue weighted by Crippen LogP contribution is 2.21. The van der Waals surface area contributed by atoms with Crippen molar-refractivity contribution in [2.75, 3.05) is 19.7 Å². The molecule has 1 aromatic rings. The average Bonchev–Trinajstić information content (AvgIpc) is 2.27. The van der Waals surface area contributed by atoms with Gasteiger partial charge in [0.2, 0.25) is 0 Å². The fourth-order valence-electron chi connectivity index (χ4n) is 2.06. The summed E-state index contributed by atoms with van der Waals surface area (Å²) in [6, 6.07) is 7.44. The van der Waals surface area contributed by atoms with Crippen LogP contribution in [0.1, 0.15) is 32.8 Å². The topological polar surface area (TPSA) is 43.7 Å². The van der Waals surface area contributed by atoms with E-state index < -0.39 is 0 Å². The molecule has 0 spiro atoms. The standard InChI is InChI=1S/C15H25NO2/c1-15(2,3)12-16(9-6-10-17)11-13-7-4-5-8-14(13)18/h4-5,7-8,17-18H,6,9-12H2,1-3H3. The molecule has 0 heterocycles. The van der Waals surface area contributed by atoms with Crippen LogP contribution in [-0.2, 0) is 6.54 Å². The molecule has 0 saturated heterocycles. The number of phenols is 1. The minimum Gasteiger partial charge on any atom is -0.508 e. The Hall–Kier alpha value is -1.06. The lowest BCUT2D eigenvalue weighted by Crippen LogP contribution is -2.33. The molecule has 0 aliphatic carbocycles. The van der Waals surface area contributed by atoms with E-state index in [4.69, 9.17) is 5.11 Å². The summed E-state index contributed by atoms with van der Waals surface area (Å²) in [6.45, 7) is 9.33. The van der Waals surface area contributed by atoms with Gasteiger partial charge >= 0.3 is 0 Å².